The minimum Gasteiger partial charge on any atom is -0.374 e. The highest BCUT2D eigenvalue weighted by Crippen LogP contribution is 2.47. The molecule has 1 heterocycles. The Kier molecular flexibility index (Phi) is 5.71. The quantitative estimate of drug-likeness (QED) is 0.758. The van der Waals surface area contributed by atoms with Gasteiger partial charge in [-0.15, -0.1) is 0 Å². The van der Waals surface area contributed by atoms with Gasteiger partial charge >= 0.3 is 0 Å². The number of nitrogens with zero attached hydrogens (tertiary/aromatic N) is 1. The summed E-state index contributed by atoms with van der Waals surface area (Å²) in [5.74, 6) is -0.409. The molecule has 3 N–H and O–H groups in total. The third kappa shape index (κ3) is 3.93. The Labute approximate surface area is 164 Å². The molecule has 0 saturated heterocycles. The predicted molar refractivity (Wildman–Crippen MR) is 105 cm³/mol. The largest absolute Gasteiger partial charge is 0.374 e. The minimum atomic E-state index is -0.472. The van der Waals surface area contributed by atoms with Crippen molar-refractivity contribution in [1.29, 1.82) is 5.26 Å². The Hall–Kier alpha value is -2.13. The molecule has 1 aromatic carbocycles. The van der Waals surface area contributed by atoms with Gasteiger partial charge in [-0.2, -0.15) is 5.26 Å². The number of carbonyl (C=O) groups excluding carboxylic acids is 1. The second-order valence-electron chi connectivity index (χ2n) is 7.76. The van der Waals surface area contributed by atoms with E-state index in [-0.39, 0.29) is 17.8 Å². The molecule has 0 radical (unpaired) electrons. The lowest BCUT2D eigenvalue weighted by atomic mass is 9.69. The molecule has 1 unspecified atom stereocenters. The zero-order valence-corrected chi connectivity index (χ0v) is 16.4. The van der Waals surface area contributed by atoms with E-state index < -0.39 is 5.92 Å². The monoisotopic (exact) mass is 385 g/mol. The first-order valence-electron chi connectivity index (χ1n) is 9.06. The number of nitrogens with two attached hydrogens (primary N) is 1. The van der Waals surface area contributed by atoms with Crippen LogP contribution in [0.5, 0.6) is 0 Å². The van der Waals surface area contributed by atoms with Crippen LogP contribution in [0.4, 0.5) is 0 Å². The number of hydrogen-bond donors (Lipinski definition) is 2. The van der Waals surface area contributed by atoms with Gasteiger partial charge in [-0.25, -0.2) is 0 Å². The predicted octanol–water partition coefficient (Wildman–Crippen LogP) is 3.42. The van der Waals surface area contributed by atoms with Crippen LogP contribution in [0.1, 0.15) is 38.2 Å². The van der Waals surface area contributed by atoms with Crippen molar-refractivity contribution in [2.75, 3.05) is 19.8 Å². The first-order valence-corrected chi connectivity index (χ1v) is 9.44. The number of ketones is 1. The van der Waals surface area contributed by atoms with Gasteiger partial charge in [0.05, 0.1) is 36.5 Å². The molecule has 6 heteroatoms. The molecular formula is C21H24ClN3O2. The number of carbonyl (C=O) groups is 1. The standard InChI is InChI=1S/C21H24ClN3O2/c1-21(2)9-16-20(18(26)10-21)19(13-5-3-4-6-15(13)22)14(11-24)17(25-16)12-27-8-7-23/h3-6,19,25H,7-10,12,23H2,1-2H3. The summed E-state index contributed by atoms with van der Waals surface area (Å²) in [6.07, 6.45) is 1.18. The van der Waals surface area contributed by atoms with Crippen molar-refractivity contribution in [2.24, 2.45) is 11.1 Å². The highest BCUT2D eigenvalue weighted by molar-refractivity contribution is 6.31. The smallest absolute Gasteiger partial charge is 0.162 e. The Morgan fingerprint density at radius 1 is 1.37 bits per heavy atom. The number of allylic oxidation sites excluding steroid dienone is 3. The van der Waals surface area contributed by atoms with E-state index in [0.717, 1.165) is 17.7 Å². The van der Waals surface area contributed by atoms with E-state index in [0.29, 0.717) is 41.4 Å². The van der Waals surface area contributed by atoms with E-state index in [2.05, 4.69) is 25.2 Å². The fourth-order valence-corrected chi connectivity index (χ4v) is 4.12. The van der Waals surface area contributed by atoms with Gasteiger partial charge < -0.3 is 15.8 Å². The van der Waals surface area contributed by atoms with E-state index in [4.69, 9.17) is 22.1 Å². The summed E-state index contributed by atoms with van der Waals surface area (Å²) in [4.78, 5) is 13.0. The zero-order valence-electron chi connectivity index (χ0n) is 15.6. The van der Waals surface area contributed by atoms with Crippen LogP contribution in [0, 0.1) is 16.7 Å². The van der Waals surface area contributed by atoms with Gasteiger partial charge in [0.1, 0.15) is 0 Å². The second-order valence-corrected chi connectivity index (χ2v) is 8.17. The summed E-state index contributed by atoms with van der Waals surface area (Å²) < 4.78 is 5.59. The molecule has 27 heavy (non-hydrogen) atoms. The Balaban J connectivity index is 2.14. The van der Waals surface area contributed by atoms with E-state index in [9.17, 15) is 10.1 Å². The SMILES string of the molecule is CC1(C)CC(=O)C2=C(C1)NC(COCCN)=C(C#N)C2c1ccccc1Cl. The molecule has 3 rings (SSSR count). The number of Topliss-reactive ketones (excluding diaryl/α,β-unsaturated/α-hetero) is 1. The maximum absolute atomic E-state index is 13.0. The second kappa shape index (κ2) is 7.85. The van der Waals surface area contributed by atoms with E-state index in [1.165, 1.54) is 0 Å². The molecule has 1 aliphatic carbocycles. The molecule has 2 aliphatic rings. The summed E-state index contributed by atoms with van der Waals surface area (Å²) in [6, 6.07) is 9.68. The molecule has 0 bridgehead atoms. The van der Waals surface area contributed by atoms with Crippen molar-refractivity contribution in [1.82, 2.24) is 5.32 Å². The molecule has 0 amide bonds. The number of hydrogen-bond acceptors (Lipinski definition) is 5. The van der Waals surface area contributed by atoms with E-state index in [1.807, 2.05) is 18.2 Å². The van der Waals surface area contributed by atoms with Gasteiger partial charge in [0, 0.05) is 29.3 Å². The molecular weight excluding hydrogens is 362 g/mol. The van der Waals surface area contributed by atoms with Crippen LogP contribution in [0.15, 0.2) is 46.8 Å². The third-order valence-corrected chi connectivity index (χ3v) is 5.31. The summed E-state index contributed by atoms with van der Waals surface area (Å²) in [5.41, 5.74) is 8.83. The summed E-state index contributed by atoms with van der Waals surface area (Å²) >= 11 is 6.46. The van der Waals surface area contributed by atoms with E-state index in [1.54, 1.807) is 6.07 Å². The van der Waals surface area contributed by atoms with Crippen LogP contribution < -0.4 is 11.1 Å². The Morgan fingerprint density at radius 3 is 2.78 bits per heavy atom. The normalized spacial score (nSPS) is 21.6. The molecule has 1 aromatic rings. The lowest BCUT2D eigenvalue weighted by molar-refractivity contribution is -0.118. The summed E-state index contributed by atoms with van der Waals surface area (Å²) in [7, 11) is 0. The maximum Gasteiger partial charge on any atom is 0.162 e. The number of nitriles is 1. The van der Waals surface area contributed by atoms with Crippen LogP contribution in [0.25, 0.3) is 0 Å². The first kappa shape index (κ1) is 19.6. The van der Waals surface area contributed by atoms with Crippen molar-refractivity contribution >= 4 is 17.4 Å². The fraction of sp³-hybridized carbons (Fsp3) is 0.429. The number of nitrogens with one attached hydrogen (secondary N) is 1. The highest BCUT2D eigenvalue weighted by atomic mass is 35.5. The van der Waals surface area contributed by atoms with Crippen molar-refractivity contribution in [3.8, 4) is 6.07 Å². The van der Waals surface area contributed by atoms with E-state index >= 15 is 0 Å². The van der Waals surface area contributed by atoms with Crippen molar-refractivity contribution in [3.05, 3.63) is 57.4 Å². The maximum atomic E-state index is 13.0. The first-order chi connectivity index (χ1) is 12.9. The van der Waals surface area contributed by atoms with Gasteiger partial charge in [-0.3, -0.25) is 4.79 Å². The fourth-order valence-electron chi connectivity index (χ4n) is 3.87. The van der Waals surface area contributed by atoms with Crippen LogP contribution in [0.3, 0.4) is 0 Å². The molecule has 0 spiro atoms. The number of dihydropyridines is 1. The number of rotatable bonds is 5. The lowest BCUT2D eigenvalue weighted by Gasteiger charge is -2.39. The van der Waals surface area contributed by atoms with Crippen molar-refractivity contribution in [2.45, 2.75) is 32.6 Å². The molecule has 142 valence electrons. The van der Waals surface area contributed by atoms with Crippen molar-refractivity contribution < 1.29 is 9.53 Å². The van der Waals surface area contributed by atoms with Crippen LogP contribution in [0.2, 0.25) is 5.02 Å². The van der Waals surface area contributed by atoms with Gasteiger partial charge in [0.15, 0.2) is 5.78 Å². The van der Waals surface area contributed by atoms with Crippen molar-refractivity contribution in [3.63, 3.8) is 0 Å². The minimum absolute atomic E-state index is 0.0633. The topological polar surface area (TPSA) is 88.1 Å². The number of halogens is 1. The Bertz CT molecular complexity index is 864. The molecule has 5 nitrogen and oxygen atoms in total. The molecule has 0 aromatic heterocycles. The van der Waals surface area contributed by atoms with Gasteiger partial charge in [0.2, 0.25) is 0 Å². The average Bonchev–Trinajstić information content (AvgIpc) is 2.60. The van der Waals surface area contributed by atoms with Gasteiger partial charge in [-0.1, -0.05) is 43.6 Å². The molecule has 0 saturated carbocycles. The van der Waals surface area contributed by atoms with Crippen LogP contribution >= 0.6 is 11.6 Å². The number of ether oxygens (including phenoxy) is 1. The number of benzene rings is 1. The average molecular weight is 386 g/mol. The third-order valence-electron chi connectivity index (χ3n) is 4.97. The Morgan fingerprint density at radius 2 is 2.11 bits per heavy atom. The zero-order chi connectivity index (χ0) is 19.6. The van der Waals surface area contributed by atoms with Gasteiger partial charge in [-0.05, 0) is 23.5 Å². The summed E-state index contributed by atoms with van der Waals surface area (Å²) in [6.45, 7) is 5.20. The van der Waals surface area contributed by atoms with Gasteiger partial charge in [0.25, 0.3) is 0 Å². The van der Waals surface area contributed by atoms with Crippen LogP contribution in [-0.4, -0.2) is 25.5 Å². The van der Waals surface area contributed by atoms with Crippen LogP contribution in [-0.2, 0) is 9.53 Å². The molecule has 1 aliphatic heterocycles. The lowest BCUT2D eigenvalue weighted by Crippen LogP contribution is -2.38. The highest BCUT2D eigenvalue weighted by Gasteiger charge is 2.42. The summed E-state index contributed by atoms with van der Waals surface area (Å²) in [5, 5.41) is 13.8. The molecule has 1 atom stereocenters. The molecule has 0 fully saturated rings.